The van der Waals surface area contributed by atoms with Crippen LogP contribution in [-0.2, 0) is 19.9 Å². The summed E-state index contributed by atoms with van der Waals surface area (Å²) in [4.78, 5) is 15.5. The van der Waals surface area contributed by atoms with E-state index in [-0.39, 0.29) is 5.69 Å². The van der Waals surface area contributed by atoms with Gasteiger partial charge in [0, 0.05) is 18.3 Å². The van der Waals surface area contributed by atoms with Crippen LogP contribution in [0.4, 0.5) is 5.69 Å². The van der Waals surface area contributed by atoms with Crippen LogP contribution in [0.15, 0.2) is 48.5 Å². The summed E-state index contributed by atoms with van der Waals surface area (Å²) in [6.45, 7) is 11.6. The summed E-state index contributed by atoms with van der Waals surface area (Å²) in [6.07, 6.45) is 1.43. The third kappa shape index (κ3) is 3.37. The first kappa shape index (κ1) is 18.5. The lowest BCUT2D eigenvalue weighted by Crippen LogP contribution is -2.07. The van der Waals surface area contributed by atoms with Crippen LogP contribution in [0.3, 0.4) is 0 Å². The summed E-state index contributed by atoms with van der Waals surface area (Å²) in [5.74, 6) is -1.01. The zero-order chi connectivity index (χ0) is 19.6. The van der Waals surface area contributed by atoms with Crippen molar-refractivity contribution in [1.29, 1.82) is 0 Å². The lowest BCUT2D eigenvalue weighted by atomic mass is 9.97. The van der Waals surface area contributed by atoms with Crippen LogP contribution in [0.1, 0.15) is 39.8 Å². The Morgan fingerprint density at radius 3 is 2.37 bits per heavy atom. The number of aromatic nitrogens is 1. The van der Waals surface area contributed by atoms with Gasteiger partial charge in [0.15, 0.2) is 0 Å². The zero-order valence-electron chi connectivity index (χ0n) is 15.8. The molecule has 0 bridgehead atoms. The predicted molar refractivity (Wildman–Crippen MR) is 107 cm³/mol. The van der Waals surface area contributed by atoms with E-state index < -0.39 is 5.97 Å². The van der Waals surface area contributed by atoms with Crippen LogP contribution in [0.25, 0.3) is 16.0 Å². The van der Waals surface area contributed by atoms with Crippen LogP contribution in [0.5, 0.6) is 0 Å². The molecule has 0 saturated heterocycles. The third-order valence-electron chi connectivity index (χ3n) is 5.03. The molecule has 0 atom stereocenters. The molecule has 0 fully saturated rings. The van der Waals surface area contributed by atoms with E-state index in [2.05, 4.69) is 23.9 Å². The monoisotopic (exact) mass is 358 g/mol. The maximum atomic E-state index is 11.8. The fraction of sp³-hybridized carbons (Fsp3) is 0.217. The van der Waals surface area contributed by atoms with Crippen molar-refractivity contribution in [1.82, 2.24) is 4.57 Å². The lowest BCUT2D eigenvalue weighted by molar-refractivity contribution is 0.0687. The molecule has 0 unspecified atom stereocenters. The highest BCUT2D eigenvalue weighted by Crippen LogP contribution is 2.39. The van der Waals surface area contributed by atoms with E-state index in [1.165, 1.54) is 11.1 Å². The molecule has 2 aromatic carbocycles. The number of rotatable bonds is 5. The molecule has 3 rings (SSSR count). The van der Waals surface area contributed by atoms with Crippen molar-refractivity contribution in [3.05, 3.63) is 88.0 Å². The van der Waals surface area contributed by atoms with E-state index in [1.807, 2.05) is 43.3 Å². The number of carboxylic acids is 1. The molecule has 0 radical (unpaired) electrons. The molecule has 0 aliphatic heterocycles. The largest absolute Gasteiger partial charge is 0.477 e. The van der Waals surface area contributed by atoms with Crippen molar-refractivity contribution >= 4 is 11.7 Å². The lowest BCUT2D eigenvalue weighted by Gasteiger charge is -2.08. The van der Waals surface area contributed by atoms with Crippen LogP contribution in [-0.4, -0.2) is 15.6 Å². The molecule has 136 valence electrons. The Kier molecular flexibility index (Phi) is 5.14. The van der Waals surface area contributed by atoms with Crippen LogP contribution in [0.2, 0.25) is 0 Å². The van der Waals surface area contributed by atoms with Crippen molar-refractivity contribution in [2.24, 2.45) is 7.05 Å². The smallest absolute Gasteiger partial charge is 0.351 e. The first-order valence-electron chi connectivity index (χ1n) is 8.94. The Bertz CT molecular complexity index is 1040. The number of hydrogen-bond donors (Lipinski definition) is 1. The Labute approximate surface area is 159 Å². The molecule has 0 spiro atoms. The maximum absolute atomic E-state index is 11.8. The summed E-state index contributed by atoms with van der Waals surface area (Å²) >= 11 is 0. The predicted octanol–water partition coefficient (Wildman–Crippen LogP) is 5.40. The summed E-state index contributed by atoms with van der Waals surface area (Å²) in [5.41, 5.74) is 6.31. The molecular formula is C23H22N2O2. The van der Waals surface area contributed by atoms with Gasteiger partial charge >= 0.3 is 5.97 Å². The molecule has 4 heteroatoms. The second-order valence-electron chi connectivity index (χ2n) is 6.65. The van der Waals surface area contributed by atoms with E-state index in [0.29, 0.717) is 17.7 Å². The Morgan fingerprint density at radius 1 is 1.15 bits per heavy atom. The van der Waals surface area contributed by atoms with Gasteiger partial charge in [-0.3, -0.25) is 0 Å². The van der Waals surface area contributed by atoms with Gasteiger partial charge in [-0.05, 0) is 42.0 Å². The third-order valence-corrected chi connectivity index (χ3v) is 5.03. The van der Waals surface area contributed by atoms with E-state index in [4.69, 9.17) is 6.57 Å². The molecule has 27 heavy (non-hydrogen) atoms. The Balaban J connectivity index is 2.04. The van der Waals surface area contributed by atoms with Crippen molar-refractivity contribution in [2.45, 2.75) is 26.7 Å². The fourth-order valence-electron chi connectivity index (χ4n) is 3.58. The van der Waals surface area contributed by atoms with Crippen LogP contribution in [0, 0.1) is 13.5 Å². The van der Waals surface area contributed by atoms with Gasteiger partial charge in [0.05, 0.1) is 6.57 Å². The van der Waals surface area contributed by atoms with Gasteiger partial charge in [-0.2, -0.15) is 0 Å². The number of carbonyl (C=O) groups is 1. The zero-order valence-corrected chi connectivity index (χ0v) is 15.8. The second kappa shape index (κ2) is 7.51. The second-order valence-corrected chi connectivity index (χ2v) is 6.65. The van der Waals surface area contributed by atoms with E-state index in [9.17, 15) is 9.90 Å². The molecule has 4 nitrogen and oxygen atoms in total. The average Bonchev–Trinajstić information content (AvgIpc) is 2.95. The molecule has 1 N–H and O–H groups in total. The molecule has 3 aromatic rings. The van der Waals surface area contributed by atoms with Gasteiger partial charge in [0.25, 0.3) is 0 Å². The fourth-order valence-corrected chi connectivity index (χ4v) is 3.58. The van der Waals surface area contributed by atoms with Gasteiger partial charge in [-0.15, -0.1) is 0 Å². The normalized spacial score (nSPS) is 10.6. The van der Waals surface area contributed by atoms with Crippen molar-refractivity contribution in [3.63, 3.8) is 0 Å². The van der Waals surface area contributed by atoms with E-state index >= 15 is 0 Å². The highest BCUT2D eigenvalue weighted by atomic mass is 16.4. The average molecular weight is 358 g/mol. The summed E-state index contributed by atoms with van der Waals surface area (Å²) in [7, 11) is 1.72. The van der Waals surface area contributed by atoms with Gasteiger partial charge in [0.2, 0.25) is 5.69 Å². The molecule has 1 aromatic heterocycles. The van der Waals surface area contributed by atoms with Crippen LogP contribution >= 0.6 is 0 Å². The molecule has 0 amide bonds. The van der Waals surface area contributed by atoms with Crippen molar-refractivity contribution in [3.8, 4) is 11.1 Å². The Hall–Kier alpha value is -3.32. The first-order valence-corrected chi connectivity index (χ1v) is 8.94. The summed E-state index contributed by atoms with van der Waals surface area (Å²) in [6, 6.07) is 16.2. The minimum atomic E-state index is -1.01. The molecule has 1 heterocycles. The van der Waals surface area contributed by atoms with Crippen molar-refractivity contribution < 1.29 is 9.90 Å². The highest BCUT2D eigenvalue weighted by molar-refractivity contribution is 6.00. The van der Waals surface area contributed by atoms with Crippen molar-refractivity contribution in [2.75, 3.05) is 0 Å². The number of benzene rings is 2. The number of aryl methyl sites for hydroxylation is 1. The SMILES string of the molecule is [C-]#[N+]c1c(-c2ccc(Cc3ccccc3C)cc2)c(C(=O)O)n(C)c1CC. The number of carboxylic acid groups (broad SMARTS) is 1. The summed E-state index contributed by atoms with van der Waals surface area (Å²) in [5, 5.41) is 9.69. The Morgan fingerprint density at radius 2 is 1.81 bits per heavy atom. The molecule has 0 aliphatic carbocycles. The van der Waals surface area contributed by atoms with Gasteiger partial charge < -0.3 is 9.67 Å². The van der Waals surface area contributed by atoms with Gasteiger partial charge in [0.1, 0.15) is 5.69 Å². The van der Waals surface area contributed by atoms with E-state index in [0.717, 1.165) is 23.2 Å². The minimum Gasteiger partial charge on any atom is -0.477 e. The molecular weight excluding hydrogens is 336 g/mol. The van der Waals surface area contributed by atoms with Gasteiger partial charge in [-0.1, -0.05) is 55.5 Å². The number of aromatic carboxylic acids is 1. The first-order chi connectivity index (χ1) is 13.0. The van der Waals surface area contributed by atoms with Gasteiger partial charge in [-0.25, -0.2) is 9.64 Å². The molecule has 0 saturated carbocycles. The highest BCUT2D eigenvalue weighted by Gasteiger charge is 2.25. The topological polar surface area (TPSA) is 46.6 Å². The quantitative estimate of drug-likeness (QED) is 0.621. The van der Waals surface area contributed by atoms with Crippen LogP contribution < -0.4 is 0 Å². The standard InChI is InChI=1S/C23H22N2O2/c1-5-19-21(24-3)20(22(23(26)27)25(19)4)17-12-10-16(11-13-17)14-18-9-7-6-8-15(18)2/h6-13H,5,14H2,1-2,4H3,(H,26,27). The number of hydrogen-bond acceptors (Lipinski definition) is 1. The maximum Gasteiger partial charge on any atom is 0.351 e. The molecule has 0 aliphatic rings. The summed E-state index contributed by atoms with van der Waals surface area (Å²) < 4.78 is 1.63. The van der Waals surface area contributed by atoms with E-state index in [1.54, 1.807) is 11.6 Å². The minimum absolute atomic E-state index is 0.171. The number of nitrogens with zero attached hydrogens (tertiary/aromatic N) is 2.